The van der Waals surface area contributed by atoms with Gasteiger partial charge in [0.15, 0.2) is 5.52 Å². The molecule has 0 aliphatic rings. The second-order valence-electron chi connectivity index (χ2n) is 5.35. The molecule has 0 bridgehead atoms. The summed E-state index contributed by atoms with van der Waals surface area (Å²) in [5.74, 6) is 0.764. The van der Waals surface area contributed by atoms with E-state index in [9.17, 15) is 4.79 Å². The summed E-state index contributed by atoms with van der Waals surface area (Å²) in [6.45, 7) is 0.511. The van der Waals surface area contributed by atoms with Gasteiger partial charge in [0, 0.05) is 18.9 Å². The average molecular weight is 396 g/mol. The number of carbonyl (C=O) groups is 1. The first-order valence-corrected chi connectivity index (χ1v) is 9.41. The molecule has 127 valence electrons. The fourth-order valence-electron chi connectivity index (χ4n) is 2.28. The first kappa shape index (κ1) is 21.0. The van der Waals surface area contributed by atoms with Crippen molar-refractivity contribution in [3.05, 3.63) is 94.0 Å². The molecule has 0 saturated heterocycles. The van der Waals surface area contributed by atoms with E-state index in [1.807, 2.05) is 54.6 Å². The van der Waals surface area contributed by atoms with E-state index >= 15 is 0 Å². The standard InChI is InChI=1S/C20H15Cl2O2P.Li/c21-17-7-4-8-18(22)19(17)20(23)25-16-11-9-15(10-12-16)24-13-14-5-2-1-3-6-14;/h1-12,25H,13H2;. The molecule has 0 fully saturated rings. The normalized spacial score (nSPS) is 10.5. The molecule has 1 radical (unpaired) electrons. The Labute approximate surface area is 176 Å². The molecule has 6 heteroatoms. The zero-order valence-electron chi connectivity index (χ0n) is 14.2. The zero-order chi connectivity index (χ0) is 17.6. The molecule has 2 nitrogen and oxygen atoms in total. The molecular weight excluding hydrogens is 381 g/mol. The summed E-state index contributed by atoms with van der Waals surface area (Å²) in [5, 5.41) is 1.67. The molecule has 3 rings (SSSR count). The number of hydrogen-bond donors (Lipinski definition) is 0. The average Bonchev–Trinajstić information content (AvgIpc) is 2.62. The monoisotopic (exact) mass is 395 g/mol. The molecule has 3 aromatic carbocycles. The van der Waals surface area contributed by atoms with Crippen LogP contribution in [-0.2, 0) is 6.61 Å². The molecule has 3 aromatic rings. The Hall–Kier alpha value is -1.26. The predicted molar refractivity (Wildman–Crippen MR) is 112 cm³/mol. The molecule has 0 heterocycles. The van der Waals surface area contributed by atoms with Crippen molar-refractivity contribution in [3.63, 3.8) is 0 Å². The topological polar surface area (TPSA) is 26.3 Å². The van der Waals surface area contributed by atoms with Crippen LogP contribution in [0.15, 0.2) is 72.8 Å². The van der Waals surface area contributed by atoms with E-state index in [4.69, 9.17) is 27.9 Å². The fraction of sp³-hybridized carbons (Fsp3) is 0.0500. The summed E-state index contributed by atoms with van der Waals surface area (Å²) < 4.78 is 5.75. The minimum absolute atomic E-state index is 0. The molecule has 1 unspecified atom stereocenters. The van der Waals surface area contributed by atoms with Gasteiger partial charge in [-0.2, -0.15) is 0 Å². The van der Waals surface area contributed by atoms with Crippen molar-refractivity contribution in [2.24, 2.45) is 0 Å². The molecule has 0 N–H and O–H groups in total. The Balaban J connectivity index is 0.00000243. The molecule has 0 aromatic heterocycles. The van der Waals surface area contributed by atoms with Crippen LogP contribution in [0.1, 0.15) is 15.9 Å². The quantitative estimate of drug-likeness (QED) is 0.416. The van der Waals surface area contributed by atoms with Crippen LogP contribution < -0.4 is 10.0 Å². The Bertz CT molecular complexity index is 850. The van der Waals surface area contributed by atoms with Crippen molar-refractivity contribution in [1.82, 2.24) is 0 Å². The molecule has 0 saturated carbocycles. The van der Waals surface area contributed by atoms with Gasteiger partial charge in [0.2, 0.25) is 0 Å². The minimum atomic E-state index is -0.0754. The van der Waals surface area contributed by atoms with Crippen LogP contribution in [-0.4, -0.2) is 24.4 Å². The third-order valence-corrected chi connectivity index (χ3v) is 5.28. The Kier molecular flexibility index (Phi) is 8.23. The summed E-state index contributed by atoms with van der Waals surface area (Å²) >= 11 is 12.2. The van der Waals surface area contributed by atoms with Gasteiger partial charge in [0.05, 0.1) is 15.6 Å². The van der Waals surface area contributed by atoms with Crippen LogP contribution in [0, 0.1) is 0 Å². The number of halogens is 2. The van der Waals surface area contributed by atoms with Crippen LogP contribution in [0.2, 0.25) is 10.0 Å². The summed E-state index contributed by atoms with van der Waals surface area (Å²) in [7, 11) is -0.0436. The maximum Gasteiger partial charge on any atom is 0.188 e. The maximum atomic E-state index is 12.5. The van der Waals surface area contributed by atoms with Crippen molar-refractivity contribution >= 4 is 61.5 Å². The van der Waals surface area contributed by atoms with Gasteiger partial charge in [0.1, 0.15) is 12.4 Å². The van der Waals surface area contributed by atoms with Gasteiger partial charge < -0.3 is 4.74 Å². The fourth-order valence-corrected chi connectivity index (χ4v) is 4.00. The Morgan fingerprint density at radius 2 is 1.46 bits per heavy atom. The van der Waals surface area contributed by atoms with Gasteiger partial charge in [-0.1, -0.05) is 71.7 Å². The summed E-state index contributed by atoms with van der Waals surface area (Å²) in [6, 6.07) is 22.6. The van der Waals surface area contributed by atoms with Gasteiger partial charge in [0.25, 0.3) is 0 Å². The zero-order valence-corrected chi connectivity index (χ0v) is 16.7. The number of hydrogen-bond acceptors (Lipinski definition) is 2. The molecule has 0 spiro atoms. The van der Waals surface area contributed by atoms with Gasteiger partial charge >= 0.3 is 0 Å². The SMILES string of the molecule is O=C(Pc1ccc(OCc2ccccc2)cc1)c1c(Cl)cccc1Cl.[Li]. The van der Waals surface area contributed by atoms with E-state index in [1.54, 1.807) is 18.2 Å². The molecule has 1 atom stereocenters. The van der Waals surface area contributed by atoms with Gasteiger partial charge in [-0.15, -0.1) is 0 Å². The van der Waals surface area contributed by atoms with Gasteiger partial charge in [-0.3, -0.25) is 4.79 Å². The second-order valence-corrected chi connectivity index (χ2v) is 7.45. The van der Waals surface area contributed by atoms with Crippen molar-refractivity contribution in [3.8, 4) is 5.75 Å². The van der Waals surface area contributed by atoms with Gasteiger partial charge in [-0.05, 0) is 43.7 Å². The third-order valence-electron chi connectivity index (χ3n) is 3.55. The Morgan fingerprint density at radius 3 is 2.08 bits per heavy atom. The molecule has 26 heavy (non-hydrogen) atoms. The number of carbonyl (C=O) groups excluding carboxylic acids is 1. The third kappa shape index (κ3) is 5.62. The number of rotatable bonds is 6. The molecular formula is C20H15Cl2LiO2P. The minimum Gasteiger partial charge on any atom is -0.489 e. The van der Waals surface area contributed by atoms with E-state index in [-0.39, 0.29) is 33.0 Å². The number of benzene rings is 3. The van der Waals surface area contributed by atoms with Gasteiger partial charge in [-0.25, -0.2) is 0 Å². The van der Waals surface area contributed by atoms with Crippen LogP contribution in [0.3, 0.4) is 0 Å². The number of ether oxygens (including phenoxy) is 1. The van der Waals surface area contributed by atoms with Crippen molar-refractivity contribution in [2.75, 3.05) is 0 Å². The first-order chi connectivity index (χ1) is 12.1. The largest absolute Gasteiger partial charge is 0.489 e. The summed E-state index contributed by atoms with van der Waals surface area (Å²) in [6.07, 6.45) is 0. The van der Waals surface area contributed by atoms with Crippen molar-refractivity contribution < 1.29 is 9.53 Å². The van der Waals surface area contributed by atoms with E-state index < -0.39 is 0 Å². The van der Waals surface area contributed by atoms with E-state index in [0.29, 0.717) is 22.2 Å². The van der Waals surface area contributed by atoms with Crippen LogP contribution in [0.5, 0.6) is 5.75 Å². The van der Waals surface area contributed by atoms with E-state index in [0.717, 1.165) is 16.6 Å². The summed E-state index contributed by atoms with van der Waals surface area (Å²) in [5.41, 5.74) is 1.42. The predicted octanol–water partition coefficient (Wildman–Crippen LogP) is 5.34. The molecule has 0 amide bonds. The maximum absolute atomic E-state index is 12.5. The van der Waals surface area contributed by atoms with Crippen LogP contribution in [0.25, 0.3) is 0 Å². The van der Waals surface area contributed by atoms with E-state index in [1.165, 1.54) is 0 Å². The van der Waals surface area contributed by atoms with Crippen LogP contribution in [0.4, 0.5) is 0 Å². The van der Waals surface area contributed by atoms with Crippen LogP contribution >= 0.6 is 31.8 Å². The summed E-state index contributed by atoms with van der Waals surface area (Å²) in [4.78, 5) is 12.5. The first-order valence-electron chi connectivity index (χ1n) is 7.65. The van der Waals surface area contributed by atoms with Crippen molar-refractivity contribution in [2.45, 2.75) is 6.61 Å². The smallest absolute Gasteiger partial charge is 0.188 e. The van der Waals surface area contributed by atoms with E-state index in [2.05, 4.69) is 0 Å². The van der Waals surface area contributed by atoms with Crippen molar-refractivity contribution in [1.29, 1.82) is 0 Å². The molecule has 0 aliphatic carbocycles. The Morgan fingerprint density at radius 1 is 0.846 bits per heavy atom. The molecule has 0 aliphatic heterocycles. The second kappa shape index (κ2) is 10.2.